The Morgan fingerprint density at radius 2 is 2.14 bits per heavy atom. The van der Waals surface area contributed by atoms with E-state index < -0.39 is 11.6 Å². The first-order valence-corrected chi connectivity index (χ1v) is 6.90. The lowest BCUT2D eigenvalue weighted by Crippen LogP contribution is -2.47. The van der Waals surface area contributed by atoms with Gasteiger partial charge in [0.15, 0.2) is 5.54 Å². The third-order valence-electron chi connectivity index (χ3n) is 3.94. The maximum absolute atomic E-state index is 12.7. The number of rotatable bonds is 3. The molecule has 0 radical (unpaired) electrons. The second-order valence-corrected chi connectivity index (χ2v) is 5.34. The number of carbonyl (C=O) groups is 3. The lowest BCUT2D eigenvalue weighted by atomic mass is 9.84. The Morgan fingerprint density at radius 3 is 2.90 bits per heavy atom. The molecule has 0 bridgehead atoms. The SMILES string of the molecule is CC(=O)CCN1C(=O)NC2(CCOc3ccccc32)C1=O. The Bertz CT molecular complexity index is 628. The molecule has 21 heavy (non-hydrogen) atoms. The lowest BCUT2D eigenvalue weighted by Gasteiger charge is -2.33. The highest BCUT2D eigenvalue weighted by Crippen LogP contribution is 2.40. The highest BCUT2D eigenvalue weighted by Gasteiger charge is 2.54. The van der Waals surface area contributed by atoms with Gasteiger partial charge in [-0.3, -0.25) is 14.5 Å². The highest BCUT2D eigenvalue weighted by molar-refractivity contribution is 6.08. The van der Waals surface area contributed by atoms with Crippen molar-refractivity contribution >= 4 is 17.7 Å². The van der Waals surface area contributed by atoms with Gasteiger partial charge in [0.25, 0.3) is 5.91 Å². The van der Waals surface area contributed by atoms with Crippen LogP contribution in [0.2, 0.25) is 0 Å². The predicted octanol–water partition coefficient (Wildman–Crippen LogP) is 1.20. The highest BCUT2D eigenvalue weighted by atomic mass is 16.5. The smallest absolute Gasteiger partial charge is 0.325 e. The summed E-state index contributed by atoms with van der Waals surface area (Å²) in [5, 5.41) is 2.80. The van der Waals surface area contributed by atoms with Gasteiger partial charge >= 0.3 is 6.03 Å². The molecule has 1 spiro atoms. The summed E-state index contributed by atoms with van der Waals surface area (Å²) in [6.07, 6.45) is 0.568. The minimum atomic E-state index is -1.05. The zero-order valence-electron chi connectivity index (χ0n) is 11.7. The maximum Gasteiger partial charge on any atom is 0.325 e. The van der Waals surface area contributed by atoms with Gasteiger partial charge in [0.2, 0.25) is 0 Å². The van der Waals surface area contributed by atoms with E-state index in [1.54, 1.807) is 12.1 Å². The van der Waals surface area contributed by atoms with Crippen LogP contribution in [0.25, 0.3) is 0 Å². The number of fused-ring (bicyclic) bond motifs is 2. The molecule has 2 aliphatic heterocycles. The number of Topliss-reactive ketones (excluding diaryl/α,β-unsaturated/α-hetero) is 1. The third kappa shape index (κ3) is 2.07. The van der Waals surface area contributed by atoms with Crippen LogP contribution in [0.4, 0.5) is 4.79 Å². The molecule has 1 aromatic carbocycles. The van der Waals surface area contributed by atoms with Crippen LogP contribution >= 0.6 is 0 Å². The fourth-order valence-electron chi connectivity index (χ4n) is 2.84. The molecule has 1 unspecified atom stereocenters. The average Bonchev–Trinajstić information content (AvgIpc) is 2.69. The van der Waals surface area contributed by atoms with Crippen LogP contribution in [0.1, 0.15) is 25.3 Å². The van der Waals surface area contributed by atoms with Gasteiger partial charge in [0.1, 0.15) is 11.5 Å². The Labute approximate surface area is 122 Å². The second kappa shape index (κ2) is 4.87. The minimum absolute atomic E-state index is 0.0519. The number of ether oxygens (including phenoxy) is 1. The van der Waals surface area contributed by atoms with Crippen LogP contribution in [-0.4, -0.2) is 35.8 Å². The number of nitrogens with zero attached hydrogens (tertiary/aromatic N) is 1. The number of para-hydroxylation sites is 1. The van der Waals surface area contributed by atoms with E-state index in [1.807, 2.05) is 12.1 Å². The second-order valence-electron chi connectivity index (χ2n) is 5.34. The first-order valence-electron chi connectivity index (χ1n) is 6.90. The Balaban J connectivity index is 1.95. The number of ketones is 1. The van der Waals surface area contributed by atoms with Crippen LogP contribution in [0.15, 0.2) is 24.3 Å². The minimum Gasteiger partial charge on any atom is -0.493 e. The molecular formula is C15H16N2O4. The molecule has 0 saturated carbocycles. The normalized spacial score (nSPS) is 23.8. The number of benzene rings is 1. The van der Waals surface area contributed by atoms with Crippen molar-refractivity contribution in [3.63, 3.8) is 0 Å². The average molecular weight is 288 g/mol. The Hall–Kier alpha value is -2.37. The molecule has 110 valence electrons. The number of imide groups is 1. The van der Waals surface area contributed by atoms with Crippen molar-refractivity contribution in [3.05, 3.63) is 29.8 Å². The predicted molar refractivity (Wildman–Crippen MR) is 73.8 cm³/mol. The van der Waals surface area contributed by atoms with E-state index in [0.717, 1.165) is 4.90 Å². The standard InChI is InChI=1S/C15H16N2O4/c1-10(18)6-8-17-13(19)15(16-14(17)20)7-9-21-12-5-3-2-4-11(12)15/h2-5H,6-9H2,1H3,(H,16,20). The molecule has 0 aliphatic carbocycles. The number of urea groups is 1. The molecule has 6 nitrogen and oxygen atoms in total. The van der Waals surface area contributed by atoms with Crippen molar-refractivity contribution in [3.8, 4) is 5.75 Å². The van der Waals surface area contributed by atoms with Crippen LogP contribution in [0.3, 0.4) is 0 Å². The number of hydrogen-bond acceptors (Lipinski definition) is 4. The Morgan fingerprint density at radius 1 is 1.38 bits per heavy atom. The number of amides is 3. The van der Waals surface area contributed by atoms with Crippen LogP contribution in [0.5, 0.6) is 5.75 Å². The van der Waals surface area contributed by atoms with Gasteiger partial charge in [-0.25, -0.2) is 4.79 Å². The summed E-state index contributed by atoms with van der Waals surface area (Å²) in [7, 11) is 0. The summed E-state index contributed by atoms with van der Waals surface area (Å²) < 4.78 is 5.55. The molecule has 1 N–H and O–H groups in total. The van der Waals surface area contributed by atoms with Gasteiger partial charge < -0.3 is 10.1 Å². The monoisotopic (exact) mass is 288 g/mol. The van der Waals surface area contributed by atoms with E-state index in [2.05, 4.69) is 5.32 Å². The van der Waals surface area contributed by atoms with Crippen molar-refractivity contribution < 1.29 is 19.1 Å². The fraction of sp³-hybridized carbons (Fsp3) is 0.400. The number of carbonyl (C=O) groups excluding carboxylic acids is 3. The summed E-state index contributed by atoms with van der Waals surface area (Å²) in [6.45, 7) is 1.92. The first kappa shape index (κ1) is 13.6. The topological polar surface area (TPSA) is 75.7 Å². The lowest BCUT2D eigenvalue weighted by molar-refractivity contribution is -0.132. The molecule has 2 aliphatic rings. The Kier molecular flexibility index (Phi) is 3.16. The van der Waals surface area contributed by atoms with Crippen molar-refractivity contribution in [1.82, 2.24) is 10.2 Å². The van der Waals surface area contributed by atoms with Gasteiger partial charge in [0.05, 0.1) is 6.61 Å². The fourth-order valence-corrected chi connectivity index (χ4v) is 2.84. The molecule has 0 aromatic heterocycles. The van der Waals surface area contributed by atoms with E-state index >= 15 is 0 Å². The summed E-state index contributed by atoms with van der Waals surface area (Å²) in [5.74, 6) is 0.263. The van der Waals surface area contributed by atoms with E-state index in [-0.39, 0.29) is 24.7 Å². The largest absolute Gasteiger partial charge is 0.493 e. The molecule has 1 atom stereocenters. The molecule has 1 fully saturated rings. The molecule has 3 amide bonds. The van der Waals surface area contributed by atoms with E-state index in [9.17, 15) is 14.4 Å². The van der Waals surface area contributed by atoms with Gasteiger partial charge in [-0.05, 0) is 13.0 Å². The van der Waals surface area contributed by atoms with Gasteiger partial charge in [-0.2, -0.15) is 0 Å². The van der Waals surface area contributed by atoms with Crippen molar-refractivity contribution in [2.75, 3.05) is 13.2 Å². The molecule has 3 rings (SSSR count). The molecular weight excluding hydrogens is 272 g/mol. The van der Waals surface area contributed by atoms with Gasteiger partial charge in [-0.1, -0.05) is 18.2 Å². The summed E-state index contributed by atoms with van der Waals surface area (Å²) >= 11 is 0. The van der Waals surface area contributed by atoms with Crippen LogP contribution in [0, 0.1) is 0 Å². The quantitative estimate of drug-likeness (QED) is 0.848. The van der Waals surface area contributed by atoms with Gasteiger partial charge in [-0.15, -0.1) is 0 Å². The molecule has 1 aromatic rings. The summed E-state index contributed by atoms with van der Waals surface area (Å²) in [4.78, 5) is 37.1. The first-order chi connectivity index (χ1) is 10.0. The molecule has 1 saturated heterocycles. The van der Waals surface area contributed by atoms with Gasteiger partial charge in [0, 0.05) is 24.9 Å². The maximum atomic E-state index is 12.7. The van der Waals surface area contributed by atoms with E-state index in [1.165, 1.54) is 6.92 Å². The number of nitrogens with one attached hydrogen (secondary N) is 1. The number of hydrogen-bond donors (Lipinski definition) is 1. The van der Waals surface area contributed by atoms with Crippen molar-refractivity contribution in [1.29, 1.82) is 0 Å². The van der Waals surface area contributed by atoms with Crippen LogP contribution < -0.4 is 10.1 Å². The molecule has 6 heteroatoms. The van der Waals surface area contributed by atoms with Crippen molar-refractivity contribution in [2.45, 2.75) is 25.3 Å². The summed E-state index contributed by atoms with van der Waals surface area (Å²) in [5.41, 5.74) is -0.372. The van der Waals surface area contributed by atoms with E-state index in [0.29, 0.717) is 24.3 Å². The summed E-state index contributed by atoms with van der Waals surface area (Å²) in [6, 6.07) is 6.77. The van der Waals surface area contributed by atoms with E-state index in [4.69, 9.17) is 4.74 Å². The molecule has 2 heterocycles. The zero-order valence-corrected chi connectivity index (χ0v) is 11.7. The van der Waals surface area contributed by atoms with Crippen LogP contribution in [-0.2, 0) is 15.1 Å². The third-order valence-corrected chi connectivity index (χ3v) is 3.94. The van der Waals surface area contributed by atoms with Crippen molar-refractivity contribution in [2.24, 2.45) is 0 Å². The zero-order chi connectivity index (χ0) is 15.0.